The van der Waals surface area contributed by atoms with Crippen LogP contribution >= 0.6 is 0 Å². The number of carboxylic acids is 2. The molecule has 2 aromatic heterocycles. The fraction of sp³-hybridized carbons (Fsp3) is 0.200. The molecule has 0 aliphatic rings. The summed E-state index contributed by atoms with van der Waals surface area (Å²) >= 11 is 0. The molecule has 0 aliphatic heterocycles. The van der Waals surface area contributed by atoms with Crippen molar-refractivity contribution in [3.05, 3.63) is 251 Å². The van der Waals surface area contributed by atoms with Gasteiger partial charge in [0.25, 0.3) is 0 Å². The Bertz CT molecular complexity index is 3550. The molecule has 12 nitrogen and oxygen atoms in total. The van der Waals surface area contributed by atoms with Crippen LogP contribution in [-0.4, -0.2) is 81.4 Å². The summed E-state index contributed by atoms with van der Waals surface area (Å²) in [4.78, 5) is 21.4. The smallest absolute Gasteiger partial charge is 0.550 e. The largest absolute Gasteiger partial charge is 2.00 e. The number of carbonyl (C=O) groups is 2. The number of benzene rings is 8. The number of halogens is 2. The van der Waals surface area contributed by atoms with Crippen LogP contribution in [0.2, 0.25) is 0 Å². The van der Waals surface area contributed by atoms with Crippen LogP contribution in [0.3, 0.4) is 0 Å². The van der Waals surface area contributed by atoms with Crippen LogP contribution in [0.15, 0.2) is 206 Å². The molecule has 0 saturated carbocycles. The van der Waals surface area contributed by atoms with Gasteiger partial charge >= 0.3 is 37.7 Å². The Hall–Kier alpha value is -8.56. The molecule has 15 heteroatoms. The first-order valence-electron chi connectivity index (χ1n) is 27.9. The van der Waals surface area contributed by atoms with Gasteiger partial charge < -0.3 is 38.7 Å². The summed E-state index contributed by atoms with van der Waals surface area (Å²) in [7, 11) is 0. The van der Waals surface area contributed by atoms with Crippen molar-refractivity contribution in [2.24, 2.45) is 0 Å². The molecule has 428 valence electrons. The third-order valence-electron chi connectivity index (χ3n) is 13.5. The zero-order valence-corrected chi connectivity index (χ0v) is 50.2. The zero-order chi connectivity index (χ0) is 59.0. The van der Waals surface area contributed by atoms with Gasteiger partial charge in [-0.25, -0.2) is 8.78 Å². The third-order valence-corrected chi connectivity index (χ3v) is 13.5. The van der Waals surface area contributed by atoms with Gasteiger partial charge in [-0.3, -0.25) is 9.36 Å². The second kappa shape index (κ2) is 30.3. The number of aliphatic carboxylic acids is 2. The maximum Gasteiger partial charge on any atom is 2.00 e. The van der Waals surface area contributed by atoms with Gasteiger partial charge in [-0.05, 0) is 123 Å². The predicted molar refractivity (Wildman–Crippen MR) is 323 cm³/mol. The van der Waals surface area contributed by atoms with Crippen LogP contribution < -0.4 is 29.2 Å². The van der Waals surface area contributed by atoms with E-state index in [1.807, 2.05) is 146 Å². The minimum Gasteiger partial charge on any atom is -0.550 e. The molecule has 2 heterocycles. The summed E-state index contributed by atoms with van der Waals surface area (Å²) in [6.45, 7) is 9.34. The minimum absolute atomic E-state index is 0. The monoisotopic (exact) mass is 1170 g/mol. The minimum atomic E-state index is -1.21. The van der Waals surface area contributed by atoms with E-state index in [9.17, 15) is 28.6 Å². The number of carboxylic acid groups (broad SMARTS) is 2. The molecule has 10 aromatic rings. The molecule has 8 aromatic carbocycles. The van der Waals surface area contributed by atoms with E-state index >= 15 is 0 Å². The number of rotatable bonds is 24. The van der Waals surface area contributed by atoms with Crippen molar-refractivity contribution in [3.63, 3.8) is 0 Å². The number of aryl methyl sites for hydroxylation is 2. The van der Waals surface area contributed by atoms with Gasteiger partial charge in [0.2, 0.25) is 0 Å². The average molecular weight is 1170 g/mol. The first-order chi connectivity index (χ1) is 40.7. The number of ether oxygens (including phenoxy) is 4. The fourth-order valence-electron chi connectivity index (χ4n) is 9.39. The van der Waals surface area contributed by atoms with Crippen LogP contribution in [0.1, 0.15) is 73.9 Å². The maximum atomic E-state index is 14.4. The van der Waals surface area contributed by atoms with Gasteiger partial charge in [-0.2, -0.15) is 10.2 Å². The Morgan fingerprint density at radius 1 is 0.447 bits per heavy atom. The molecule has 0 radical (unpaired) electrons. The molecule has 0 bridgehead atoms. The Kier molecular flexibility index (Phi) is 22.3. The Morgan fingerprint density at radius 2 is 0.788 bits per heavy atom. The first-order valence-corrected chi connectivity index (χ1v) is 27.9. The SMILES string of the molecule is CC(C)Oc1cc(COc2ccc(CCC(=O)[O-])c(F)c2)ccc1Cn1nc(-c2ccccc2)cc1-c1ccccc1.CC(C)Oc1cc(COc2ccc(CCC(=O)[O-])c(F)c2)ccc1Cn1nc(-c2ccccc2)cc1-c1ccccc1.[Ca+2]. The molecule has 10 rings (SSSR count). The Balaban J connectivity index is 0.000000219. The quantitative estimate of drug-likeness (QED) is 0.0534. The standard InChI is InChI=1S/2C35H33FN2O4.Ca/c2*1-24(2)42-34-19-25(23-41-30-17-15-26(31(36)20-30)16-18-35(39)40)13-14-29(34)22-38-33(28-11-7-4-8-12-28)21-32(37-38)27-9-5-3-6-10-27;/h2*3-15,17,19-21,24H,16,18,22-23H2,1-2H3,(H,39,40);/q;;+2/p-2. The van der Waals surface area contributed by atoms with Crippen LogP contribution in [0.5, 0.6) is 23.0 Å². The van der Waals surface area contributed by atoms with E-state index in [2.05, 4.69) is 60.7 Å². The molecule has 0 aliphatic carbocycles. The third kappa shape index (κ3) is 17.7. The molecular weight excluding hydrogens is 1100 g/mol. The van der Waals surface area contributed by atoms with Crippen molar-refractivity contribution in [2.75, 3.05) is 0 Å². The van der Waals surface area contributed by atoms with E-state index in [-0.39, 0.29) is 88.8 Å². The predicted octanol–water partition coefficient (Wildman–Crippen LogP) is 12.5. The van der Waals surface area contributed by atoms with Gasteiger partial charge in [-0.1, -0.05) is 158 Å². The summed E-state index contributed by atoms with van der Waals surface area (Å²) in [5.74, 6) is -1.25. The molecule has 85 heavy (non-hydrogen) atoms. The molecule has 0 saturated heterocycles. The molecule has 0 amide bonds. The van der Waals surface area contributed by atoms with E-state index in [4.69, 9.17) is 29.1 Å². The average Bonchev–Trinajstić information content (AvgIpc) is 3.95. The summed E-state index contributed by atoms with van der Waals surface area (Å²) in [5, 5.41) is 31.3. The summed E-state index contributed by atoms with van der Waals surface area (Å²) in [6.07, 6.45) is -0.425. The van der Waals surface area contributed by atoms with Gasteiger partial charge in [0.05, 0.1) is 48.1 Å². The van der Waals surface area contributed by atoms with Crippen molar-refractivity contribution in [3.8, 4) is 68.0 Å². The number of nitrogens with zero attached hydrogens (tertiary/aromatic N) is 4. The van der Waals surface area contributed by atoms with Crippen LogP contribution in [0, 0.1) is 11.6 Å². The fourth-order valence-corrected chi connectivity index (χ4v) is 9.39. The first kappa shape index (κ1) is 62.5. The summed E-state index contributed by atoms with van der Waals surface area (Å²) in [6, 6.07) is 65.6. The van der Waals surface area contributed by atoms with Crippen molar-refractivity contribution >= 4 is 49.7 Å². The molecular formula is C70H64CaF2N4O8. The van der Waals surface area contributed by atoms with Crippen LogP contribution in [-0.2, 0) is 48.7 Å². The normalized spacial score (nSPS) is 10.9. The maximum absolute atomic E-state index is 14.4. The molecule has 0 N–H and O–H groups in total. The zero-order valence-electron chi connectivity index (χ0n) is 48.0. The Morgan fingerprint density at radius 3 is 1.12 bits per heavy atom. The van der Waals surface area contributed by atoms with E-state index in [0.29, 0.717) is 35.7 Å². The topological polar surface area (TPSA) is 153 Å². The van der Waals surface area contributed by atoms with E-state index < -0.39 is 23.6 Å². The summed E-state index contributed by atoms with van der Waals surface area (Å²) < 4.78 is 57.0. The van der Waals surface area contributed by atoms with E-state index in [1.54, 1.807) is 24.3 Å². The second-order valence-corrected chi connectivity index (χ2v) is 20.7. The number of hydrogen-bond acceptors (Lipinski definition) is 10. The molecule has 0 fully saturated rings. The number of aromatic nitrogens is 4. The number of carbonyl (C=O) groups excluding carboxylic acids is 2. The van der Waals surface area contributed by atoms with E-state index in [1.165, 1.54) is 12.1 Å². The van der Waals surface area contributed by atoms with Crippen LogP contribution in [0.4, 0.5) is 8.78 Å². The molecule has 0 atom stereocenters. The molecule has 0 unspecified atom stereocenters. The summed E-state index contributed by atoms with van der Waals surface area (Å²) in [5.41, 5.74) is 12.3. The second-order valence-electron chi connectivity index (χ2n) is 20.7. The van der Waals surface area contributed by atoms with Crippen molar-refractivity contribution in [1.29, 1.82) is 0 Å². The molecule has 0 spiro atoms. The number of hydrogen-bond donors (Lipinski definition) is 0. The van der Waals surface area contributed by atoms with Gasteiger partial charge in [0.15, 0.2) is 0 Å². The van der Waals surface area contributed by atoms with Crippen molar-refractivity contribution in [1.82, 2.24) is 19.6 Å². The van der Waals surface area contributed by atoms with Gasteiger partial charge in [-0.15, -0.1) is 0 Å². The van der Waals surface area contributed by atoms with Crippen molar-refractivity contribution in [2.45, 2.75) is 91.9 Å². The van der Waals surface area contributed by atoms with Crippen molar-refractivity contribution < 1.29 is 47.5 Å². The van der Waals surface area contributed by atoms with Crippen LogP contribution in [0.25, 0.3) is 45.0 Å². The van der Waals surface area contributed by atoms with Gasteiger partial charge in [0.1, 0.15) is 47.8 Å². The van der Waals surface area contributed by atoms with E-state index in [0.717, 1.165) is 78.8 Å². The van der Waals surface area contributed by atoms with Gasteiger partial charge in [0, 0.05) is 46.3 Å². The Labute approximate surface area is 524 Å².